The van der Waals surface area contributed by atoms with Gasteiger partial charge < -0.3 is 5.32 Å². The number of sulfonamides is 1. The number of rotatable bonds is 5. The summed E-state index contributed by atoms with van der Waals surface area (Å²) in [5, 5.41) is 9.29. The molecule has 2 rings (SSSR count). The highest BCUT2D eigenvalue weighted by molar-refractivity contribution is 7.92. The van der Waals surface area contributed by atoms with Gasteiger partial charge in [-0.3, -0.25) is 4.72 Å². The zero-order valence-corrected chi connectivity index (χ0v) is 12.3. The SMILES string of the molecule is CS(=O)(=O)Nc1ccc(Cl)c(NCc2csnn2)c1. The topological polar surface area (TPSA) is 84.0 Å². The van der Waals surface area contributed by atoms with E-state index >= 15 is 0 Å². The predicted octanol–water partition coefficient (Wildman–Crippen LogP) is 2.18. The lowest BCUT2D eigenvalue weighted by Gasteiger charge is -2.10. The molecule has 102 valence electrons. The molecule has 0 radical (unpaired) electrons. The summed E-state index contributed by atoms with van der Waals surface area (Å²) in [4.78, 5) is 0. The third-order valence-corrected chi connectivity index (χ3v) is 3.62. The van der Waals surface area contributed by atoms with Crippen molar-refractivity contribution in [3.8, 4) is 0 Å². The minimum Gasteiger partial charge on any atom is -0.378 e. The van der Waals surface area contributed by atoms with Gasteiger partial charge in [0.05, 0.1) is 34.9 Å². The number of hydrogen-bond acceptors (Lipinski definition) is 6. The van der Waals surface area contributed by atoms with Gasteiger partial charge in [0.15, 0.2) is 0 Å². The second-order valence-electron chi connectivity index (χ2n) is 3.82. The highest BCUT2D eigenvalue weighted by atomic mass is 35.5. The van der Waals surface area contributed by atoms with Crippen molar-refractivity contribution >= 4 is 44.5 Å². The molecule has 0 saturated carbocycles. The minimum absolute atomic E-state index is 0.450. The third kappa shape index (κ3) is 4.34. The van der Waals surface area contributed by atoms with Gasteiger partial charge in [-0.15, -0.1) is 5.10 Å². The Labute approximate surface area is 120 Å². The van der Waals surface area contributed by atoms with Gasteiger partial charge in [0.2, 0.25) is 10.0 Å². The molecule has 0 spiro atoms. The number of anilines is 2. The Morgan fingerprint density at radius 2 is 2.21 bits per heavy atom. The van der Waals surface area contributed by atoms with Crippen molar-refractivity contribution in [2.75, 3.05) is 16.3 Å². The quantitative estimate of drug-likeness (QED) is 0.882. The second kappa shape index (κ2) is 5.72. The number of nitrogens with one attached hydrogen (secondary N) is 2. The fraction of sp³-hybridized carbons (Fsp3) is 0.200. The van der Waals surface area contributed by atoms with Crippen LogP contribution < -0.4 is 10.0 Å². The molecular formula is C10H11ClN4O2S2. The summed E-state index contributed by atoms with van der Waals surface area (Å²) < 4.78 is 28.5. The molecule has 0 aliphatic heterocycles. The van der Waals surface area contributed by atoms with Crippen molar-refractivity contribution in [2.24, 2.45) is 0 Å². The number of nitrogens with zero attached hydrogens (tertiary/aromatic N) is 2. The molecule has 1 aromatic carbocycles. The Balaban J connectivity index is 2.13. The molecule has 19 heavy (non-hydrogen) atoms. The highest BCUT2D eigenvalue weighted by Crippen LogP contribution is 2.26. The van der Waals surface area contributed by atoms with Crippen molar-refractivity contribution in [2.45, 2.75) is 6.54 Å². The standard InChI is InChI=1S/C10H11ClN4O2S2/c1-19(16,17)14-7-2-3-9(11)10(4-7)12-5-8-6-18-15-13-8/h2-4,6,12,14H,5H2,1H3. The van der Waals surface area contributed by atoms with E-state index in [1.165, 1.54) is 11.5 Å². The maximum Gasteiger partial charge on any atom is 0.229 e. The fourth-order valence-corrected chi connectivity index (χ4v) is 2.58. The maximum absolute atomic E-state index is 11.2. The monoisotopic (exact) mass is 318 g/mol. The van der Waals surface area contributed by atoms with Crippen LogP contribution >= 0.6 is 23.1 Å². The van der Waals surface area contributed by atoms with E-state index in [1.54, 1.807) is 18.2 Å². The van der Waals surface area contributed by atoms with Crippen LogP contribution in [0.25, 0.3) is 0 Å². The summed E-state index contributed by atoms with van der Waals surface area (Å²) in [5.41, 5.74) is 1.87. The lowest BCUT2D eigenvalue weighted by molar-refractivity contribution is 0.607. The highest BCUT2D eigenvalue weighted by Gasteiger charge is 2.06. The summed E-state index contributed by atoms with van der Waals surface area (Å²) in [7, 11) is -3.31. The van der Waals surface area contributed by atoms with E-state index in [0.717, 1.165) is 11.9 Å². The molecule has 6 nitrogen and oxygen atoms in total. The third-order valence-electron chi connectivity index (χ3n) is 2.13. The largest absolute Gasteiger partial charge is 0.378 e. The van der Waals surface area contributed by atoms with Gasteiger partial charge in [0.25, 0.3) is 0 Å². The molecular weight excluding hydrogens is 308 g/mol. The Morgan fingerprint density at radius 1 is 1.42 bits per heavy atom. The smallest absolute Gasteiger partial charge is 0.229 e. The van der Waals surface area contributed by atoms with Gasteiger partial charge in [0.1, 0.15) is 0 Å². The molecule has 0 atom stereocenters. The van der Waals surface area contributed by atoms with E-state index in [4.69, 9.17) is 11.6 Å². The number of benzene rings is 1. The van der Waals surface area contributed by atoms with Crippen LogP contribution in [0.1, 0.15) is 5.69 Å². The molecule has 0 unspecified atom stereocenters. The van der Waals surface area contributed by atoms with E-state index in [2.05, 4.69) is 19.6 Å². The average molecular weight is 319 g/mol. The summed E-state index contributed by atoms with van der Waals surface area (Å²) in [6.45, 7) is 0.471. The van der Waals surface area contributed by atoms with Crippen molar-refractivity contribution < 1.29 is 8.42 Å². The fourth-order valence-electron chi connectivity index (χ4n) is 1.39. The van der Waals surface area contributed by atoms with Gasteiger partial charge in [-0.05, 0) is 29.7 Å². The van der Waals surface area contributed by atoms with Crippen LogP contribution in [0.2, 0.25) is 5.02 Å². The van der Waals surface area contributed by atoms with Gasteiger partial charge in [0, 0.05) is 5.38 Å². The van der Waals surface area contributed by atoms with Crippen LogP contribution in [0.5, 0.6) is 0 Å². The van der Waals surface area contributed by atoms with Crippen molar-refractivity contribution in [1.82, 2.24) is 9.59 Å². The van der Waals surface area contributed by atoms with Crippen LogP contribution in [0.15, 0.2) is 23.6 Å². The number of hydrogen-bond donors (Lipinski definition) is 2. The van der Waals surface area contributed by atoms with Gasteiger partial charge in [-0.1, -0.05) is 16.1 Å². The normalized spacial score (nSPS) is 11.3. The zero-order valence-electron chi connectivity index (χ0n) is 9.92. The number of halogens is 1. The van der Waals surface area contributed by atoms with Gasteiger partial charge >= 0.3 is 0 Å². The first-order valence-electron chi connectivity index (χ1n) is 5.21. The number of aromatic nitrogens is 2. The molecule has 0 amide bonds. The summed E-state index contributed by atoms with van der Waals surface area (Å²) in [6.07, 6.45) is 1.09. The van der Waals surface area contributed by atoms with E-state index in [0.29, 0.717) is 22.9 Å². The maximum atomic E-state index is 11.2. The first-order valence-corrected chi connectivity index (χ1v) is 8.32. The van der Waals surface area contributed by atoms with Crippen molar-refractivity contribution in [1.29, 1.82) is 0 Å². The molecule has 1 aromatic heterocycles. The first-order chi connectivity index (χ1) is 8.94. The molecule has 0 fully saturated rings. The van der Waals surface area contributed by atoms with Crippen molar-refractivity contribution in [3.05, 3.63) is 34.3 Å². The van der Waals surface area contributed by atoms with Crippen LogP contribution in [-0.4, -0.2) is 24.3 Å². The van der Waals surface area contributed by atoms with E-state index in [9.17, 15) is 8.42 Å². The van der Waals surface area contributed by atoms with Gasteiger partial charge in [-0.2, -0.15) is 0 Å². The molecule has 2 N–H and O–H groups in total. The second-order valence-corrected chi connectivity index (χ2v) is 6.58. The molecule has 0 bridgehead atoms. The summed E-state index contributed by atoms with van der Waals surface area (Å²) in [5.74, 6) is 0. The molecule has 0 aliphatic carbocycles. The Morgan fingerprint density at radius 3 is 2.84 bits per heavy atom. The first kappa shape index (κ1) is 14.0. The van der Waals surface area contributed by atoms with Crippen LogP contribution in [-0.2, 0) is 16.6 Å². The van der Waals surface area contributed by atoms with Crippen molar-refractivity contribution in [3.63, 3.8) is 0 Å². The lowest BCUT2D eigenvalue weighted by atomic mass is 10.3. The molecule has 2 aromatic rings. The molecule has 9 heteroatoms. The average Bonchev–Trinajstić information content (AvgIpc) is 2.81. The minimum atomic E-state index is -3.31. The summed E-state index contributed by atoms with van der Waals surface area (Å²) in [6, 6.07) is 4.85. The van der Waals surface area contributed by atoms with Gasteiger partial charge in [-0.25, -0.2) is 8.42 Å². The summed E-state index contributed by atoms with van der Waals surface area (Å²) >= 11 is 7.30. The molecule has 1 heterocycles. The Kier molecular flexibility index (Phi) is 4.23. The van der Waals surface area contributed by atoms with E-state index in [-0.39, 0.29) is 0 Å². The van der Waals surface area contributed by atoms with Crippen LogP contribution in [0.3, 0.4) is 0 Å². The van der Waals surface area contributed by atoms with Crippen LogP contribution in [0.4, 0.5) is 11.4 Å². The lowest BCUT2D eigenvalue weighted by Crippen LogP contribution is -2.10. The van der Waals surface area contributed by atoms with Crippen LogP contribution in [0, 0.1) is 0 Å². The molecule has 0 aliphatic rings. The predicted molar refractivity (Wildman–Crippen MR) is 77.2 cm³/mol. The Hall–Kier alpha value is -1.38. The zero-order chi connectivity index (χ0) is 13.9. The van der Waals surface area contributed by atoms with E-state index in [1.807, 2.05) is 5.38 Å². The molecule has 0 saturated heterocycles. The Bertz CT molecular complexity index is 658. The van der Waals surface area contributed by atoms with E-state index < -0.39 is 10.0 Å².